The second-order valence-corrected chi connectivity index (χ2v) is 6.08. The molecule has 0 saturated heterocycles. The number of ether oxygens (including phenoxy) is 2. The summed E-state index contributed by atoms with van der Waals surface area (Å²) >= 11 is 0. The van der Waals surface area contributed by atoms with Gasteiger partial charge >= 0.3 is 18.0 Å². The molecule has 3 amide bonds. The van der Waals surface area contributed by atoms with Crippen LogP contribution in [0, 0.1) is 0 Å². The number of carbonyl (C=O) groups excluding carboxylic acids is 4. The molecule has 0 heterocycles. The molecule has 0 aliphatic rings. The predicted octanol–water partition coefficient (Wildman–Crippen LogP) is -0.896. The number of hydrogen-bond donors (Lipinski definition) is 3. The van der Waals surface area contributed by atoms with Crippen molar-refractivity contribution in [2.45, 2.75) is 33.3 Å². The molecule has 0 aliphatic heterocycles. The summed E-state index contributed by atoms with van der Waals surface area (Å²) in [6.07, 6.45) is -0.797. The van der Waals surface area contributed by atoms with Gasteiger partial charge in [0, 0.05) is 0 Å². The Hall–Kier alpha value is -2.85. The molecule has 0 radical (unpaired) electrons. The van der Waals surface area contributed by atoms with Crippen LogP contribution in [0.4, 0.5) is 4.79 Å². The van der Waals surface area contributed by atoms with Crippen LogP contribution in [0.1, 0.15) is 27.7 Å². The van der Waals surface area contributed by atoms with Crippen LogP contribution >= 0.6 is 0 Å². The molecule has 0 fully saturated rings. The van der Waals surface area contributed by atoms with Crippen LogP contribution in [0.5, 0.6) is 0 Å². The minimum absolute atomic E-state index is 0.0843. The summed E-state index contributed by atoms with van der Waals surface area (Å²) in [5.74, 6) is -3.55. The van der Waals surface area contributed by atoms with E-state index in [0.29, 0.717) is 0 Å². The van der Waals surface area contributed by atoms with Gasteiger partial charge in [-0.15, -0.1) is 0 Å². The van der Waals surface area contributed by atoms with Gasteiger partial charge in [0.1, 0.15) is 25.2 Å². The first kappa shape index (κ1) is 23.1. The van der Waals surface area contributed by atoms with Crippen molar-refractivity contribution in [3.63, 3.8) is 0 Å². The fraction of sp³-hybridized carbons (Fsp3) is 0.667. The van der Waals surface area contributed by atoms with Gasteiger partial charge in [-0.3, -0.25) is 19.2 Å². The van der Waals surface area contributed by atoms with E-state index in [4.69, 9.17) is 9.84 Å². The maximum atomic E-state index is 12.0. The fourth-order valence-corrected chi connectivity index (χ4v) is 1.57. The molecule has 0 rings (SSSR count). The molecule has 0 aromatic heterocycles. The van der Waals surface area contributed by atoms with E-state index in [9.17, 15) is 24.0 Å². The number of esters is 1. The number of carboxylic acids is 1. The number of carboxylic acid groups (broad SMARTS) is 1. The lowest BCUT2D eigenvalue weighted by Gasteiger charge is -2.20. The molecular formula is C15H25N3O8. The Morgan fingerprint density at radius 2 is 1.62 bits per heavy atom. The van der Waals surface area contributed by atoms with Gasteiger partial charge in [-0.2, -0.15) is 0 Å². The van der Waals surface area contributed by atoms with Gasteiger partial charge in [0.2, 0.25) is 11.8 Å². The molecule has 148 valence electrons. The zero-order valence-electron chi connectivity index (χ0n) is 15.3. The first-order valence-corrected chi connectivity index (χ1v) is 7.83. The Labute approximate surface area is 151 Å². The van der Waals surface area contributed by atoms with Crippen LogP contribution in [0.2, 0.25) is 0 Å². The number of rotatable bonds is 9. The van der Waals surface area contributed by atoms with Gasteiger partial charge in [0.15, 0.2) is 0 Å². The van der Waals surface area contributed by atoms with Gasteiger partial charge in [0.05, 0.1) is 13.2 Å². The smallest absolute Gasteiger partial charge is 0.408 e. The summed E-state index contributed by atoms with van der Waals surface area (Å²) < 4.78 is 9.60. The van der Waals surface area contributed by atoms with Gasteiger partial charge in [-0.1, -0.05) is 0 Å². The highest BCUT2D eigenvalue weighted by atomic mass is 16.6. The Morgan fingerprint density at radius 3 is 2.12 bits per heavy atom. The maximum absolute atomic E-state index is 12.0. The molecule has 0 aromatic rings. The summed E-state index contributed by atoms with van der Waals surface area (Å²) in [6.45, 7) is 4.39. The third-order valence-corrected chi connectivity index (χ3v) is 2.53. The molecule has 11 heteroatoms. The zero-order valence-corrected chi connectivity index (χ0v) is 15.3. The summed E-state index contributed by atoms with van der Waals surface area (Å²) in [6, 6.07) is 0. The van der Waals surface area contributed by atoms with Crippen molar-refractivity contribution in [1.29, 1.82) is 0 Å². The predicted molar refractivity (Wildman–Crippen MR) is 88.1 cm³/mol. The molecule has 0 saturated carbocycles. The number of nitrogens with one attached hydrogen (secondary N) is 2. The Bertz CT molecular complexity index is 541. The standard InChI is InChI=1S/C15H25N3O8/c1-5-25-13(23)9-18(8-12(21)22)11(20)7-16-10(19)6-17-14(24)26-15(2,3)4/h5-9H2,1-4H3,(H,16,19)(H,17,24)(H,21,22). The lowest BCUT2D eigenvalue weighted by atomic mass is 10.2. The van der Waals surface area contributed by atoms with Crippen LogP contribution in [0.25, 0.3) is 0 Å². The molecule has 11 nitrogen and oxygen atoms in total. The average molecular weight is 375 g/mol. The van der Waals surface area contributed by atoms with E-state index >= 15 is 0 Å². The molecule has 0 unspecified atom stereocenters. The van der Waals surface area contributed by atoms with Gasteiger partial charge in [-0.25, -0.2) is 4.79 Å². The normalized spacial score (nSPS) is 10.5. The highest BCUT2D eigenvalue weighted by Crippen LogP contribution is 2.06. The third-order valence-electron chi connectivity index (χ3n) is 2.53. The van der Waals surface area contributed by atoms with Crippen molar-refractivity contribution >= 4 is 29.8 Å². The number of amides is 3. The SMILES string of the molecule is CCOC(=O)CN(CC(=O)O)C(=O)CNC(=O)CNC(=O)OC(C)(C)C. The van der Waals surface area contributed by atoms with Crippen molar-refractivity contribution < 1.29 is 38.6 Å². The minimum atomic E-state index is -1.32. The maximum Gasteiger partial charge on any atom is 0.408 e. The van der Waals surface area contributed by atoms with Crippen LogP contribution < -0.4 is 10.6 Å². The molecule has 0 spiro atoms. The number of nitrogens with zero attached hydrogens (tertiary/aromatic N) is 1. The highest BCUT2D eigenvalue weighted by Gasteiger charge is 2.21. The second kappa shape index (κ2) is 10.9. The number of aliphatic carboxylic acids is 1. The Balaban J connectivity index is 4.43. The highest BCUT2D eigenvalue weighted by molar-refractivity contribution is 5.90. The molecular weight excluding hydrogens is 350 g/mol. The van der Waals surface area contributed by atoms with E-state index in [1.165, 1.54) is 0 Å². The number of carbonyl (C=O) groups is 5. The molecule has 0 aliphatic carbocycles. The van der Waals surface area contributed by atoms with Crippen molar-refractivity contribution in [1.82, 2.24) is 15.5 Å². The third kappa shape index (κ3) is 11.6. The largest absolute Gasteiger partial charge is 0.480 e. The lowest BCUT2D eigenvalue weighted by Crippen LogP contribution is -2.47. The first-order valence-electron chi connectivity index (χ1n) is 7.83. The number of alkyl carbamates (subject to hydrolysis) is 1. The minimum Gasteiger partial charge on any atom is -0.480 e. The summed E-state index contributed by atoms with van der Waals surface area (Å²) in [7, 11) is 0. The zero-order chi connectivity index (χ0) is 20.3. The summed E-state index contributed by atoms with van der Waals surface area (Å²) in [4.78, 5) is 57.9. The van der Waals surface area contributed by atoms with Crippen molar-refractivity contribution in [2.75, 3.05) is 32.8 Å². The molecule has 26 heavy (non-hydrogen) atoms. The van der Waals surface area contributed by atoms with Crippen LogP contribution in [0.3, 0.4) is 0 Å². The fourth-order valence-electron chi connectivity index (χ4n) is 1.57. The van der Waals surface area contributed by atoms with E-state index < -0.39 is 61.6 Å². The van der Waals surface area contributed by atoms with Crippen LogP contribution in [-0.2, 0) is 28.7 Å². The van der Waals surface area contributed by atoms with Crippen LogP contribution in [0.15, 0.2) is 0 Å². The number of hydrogen-bond acceptors (Lipinski definition) is 7. The molecule has 3 N–H and O–H groups in total. The van der Waals surface area contributed by atoms with E-state index in [1.54, 1.807) is 27.7 Å². The van der Waals surface area contributed by atoms with Gasteiger partial charge in [-0.05, 0) is 27.7 Å². The van der Waals surface area contributed by atoms with Crippen molar-refractivity contribution in [3.05, 3.63) is 0 Å². The molecule has 0 aromatic carbocycles. The van der Waals surface area contributed by atoms with Gasteiger partial charge in [0.25, 0.3) is 0 Å². The Morgan fingerprint density at radius 1 is 1.00 bits per heavy atom. The molecule has 0 atom stereocenters. The topological polar surface area (TPSA) is 151 Å². The van der Waals surface area contributed by atoms with E-state index in [-0.39, 0.29) is 6.61 Å². The van der Waals surface area contributed by atoms with Crippen molar-refractivity contribution in [2.24, 2.45) is 0 Å². The van der Waals surface area contributed by atoms with E-state index in [2.05, 4.69) is 15.4 Å². The molecule has 0 bridgehead atoms. The summed E-state index contributed by atoms with van der Waals surface area (Å²) in [5, 5.41) is 13.2. The van der Waals surface area contributed by atoms with Gasteiger partial charge < -0.3 is 30.1 Å². The monoisotopic (exact) mass is 375 g/mol. The summed E-state index contributed by atoms with van der Waals surface area (Å²) in [5.41, 5.74) is -0.721. The van der Waals surface area contributed by atoms with E-state index in [1.807, 2.05) is 0 Å². The lowest BCUT2D eigenvalue weighted by molar-refractivity contribution is -0.151. The van der Waals surface area contributed by atoms with E-state index in [0.717, 1.165) is 4.90 Å². The quantitative estimate of drug-likeness (QED) is 0.439. The van der Waals surface area contributed by atoms with Crippen molar-refractivity contribution in [3.8, 4) is 0 Å². The average Bonchev–Trinajstić information content (AvgIpc) is 2.48. The second-order valence-electron chi connectivity index (χ2n) is 6.08. The Kier molecular flexibility index (Phi) is 9.71. The first-order chi connectivity index (χ1) is 11.9. The van der Waals surface area contributed by atoms with Crippen LogP contribution in [-0.4, -0.2) is 78.2 Å².